The van der Waals surface area contributed by atoms with E-state index >= 15 is 0 Å². The molecule has 0 saturated carbocycles. The van der Waals surface area contributed by atoms with Crippen LogP contribution in [0, 0.1) is 10.1 Å². The van der Waals surface area contributed by atoms with E-state index in [1.165, 1.54) is 23.0 Å². The summed E-state index contributed by atoms with van der Waals surface area (Å²) in [6.07, 6.45) is 2.30. The van der Waals surface area contributed by atoms with Crippen molar-refractivity contribution in [3.05, 3.63) is 99.9 Å². The van der Waals surface area contributed by atoms with E-state index in [0.29, 0.717) is 44.9 Å². The van der Waals surface area contributed by atoms with Gasteiger partial charge in [-0.05, 0) is 71.2 Å². The number of hydrogen-bond acceptors (Lipinski definition) is 7. The lowest BCUT2D eigenvalue weighted by Crippen LogP contribution is -2.23. The Morgan fingerprint density at radius 3 is 2.52 bits per heavy atom. The standard InChI is InChI=1S/C28H25Br2ClN4O5/c1-4-16(3)27-33-22-11-8-19(29)13-21(22)28(36)34(27)32-14-18-12-23(39-5-2)26(25(31)24(18)30)40-15-17-6-9-20(10-7-17)35(37)38/h6-14,16H,4-5,15H2,1-3H3/t16-/m1/s1. The van der Waals surface area contributed by atoms with E-state index in [0.717, 1.165) is 16.5 Å². The molecule has 0 saturated heterocycles. The Labute approximate surface area is 252 Å². The zero-order valence-corrected chi connectivity index (χ0v) is 25.8. The van der Waals surface area contributed by atoms with Gasteiger partial charge in [0.15, 0.2) is 11.5 Å². The van der Waals surface area contributed by atoms with Crippen molar-refractivity contribution in [3.8, 4) is 11.5 Å². The molecule has 0 bridgehead atoms. The van der Waals surface area contributed by atoms with Crippen molar-refractivity contribution in [2.45, 2.75) is 39.7 Å². The normalized spacial score (nSPS) is 12.2. The average molecular weight is 693 g/mol. The van der Waals surface area contributed by atoms with Gasteiger partial charge in [0.2, 0.25) is 0 Å². The van der Waals surface area contributed by atoms with E-state index in [-0.39, 0.29) is 28.8 Å². The van der Waals surface area contributed by atoms with Crippen LogP contribution in [0.1, 0.15) is 50.1 Å². The molecule has 1 heterocycles. The van der Waals surface area contributed by atoms with Crippen LogP contribution in [0.3, 0.4) is 0 Å². The van der Waals surface area contributed by atoms with Crippen LogP contribution in [0.4, 0.5) is 5.69 Å². The SMILES string of the molecule is CCOc1cc(C=Nn2c([C@H](C)CC)nc3ccc(Br)cc3c2=O)c(Br)c(Cl)c1OCc1ccc([N+](=O)[O-])cc1. The summed E-state index contributed by atoms with van der Waals surface area (Å²) < 4.78 is 14.4. The van der Waals surface area contributed by atoms with Crippen LogP contribution in [-0.2, 0) is 6.61 Å². The Bertz CT molecular complexity index is 1660. The second-order valence-electron chi connectivity index (χ2n) is 8.87. The summed E-state index contributed by atoms with van der Waals surface area (Å²) in [4.78, 5) is 28.7. The van der Waals surface area contributed by atoms with Gasteiger partial charge in [-0.3, -0.25) is 14.9 Å². The molecule has 208 valence electrons. The fraction of sp³-hybridized carbons (Fsp3) is 0.250. The summed E-state index contributed by atoms with van der Waals surface area (Å²) in [6, 6.07) is 13.2. The molecule has 0 aliphatic rings. The maximum atomic E-state index is 13.5. The quantitative estimate of drug-likeness (QED) is 0.0952. The third-order valence-electron chi connectivity index (χ3n) is 6.18. The number of nitro groups is 1. The molecule has 40 heavy (non-hydrogen) atoms. The lowest BCUT2D eigenvalue weighted by molar-refractivity contribution is -0.384. The first-order chi connectivity index (χ1) is 19.1. The van der Waals surface area contributed by atoms with Gasteiger partial charge in [0, 0.05) is 32.6 Å². The lowest BCUT2D eigenvalue weighted by atomic mass is 10.1. The molecule has 12 heteroatoms. The maximum Gasteiger partial charge on any atom is 0.282 e. The van der Waals surface area contributed by atoms with Crippen LogP contribution < -0.4 is 15.0 Å². The van der Waals surface area contributed by atoms with Gasteiger partial charge in [0.25, 0.3) is 11.2 Å². The van der Waals surface area contributed by atoms with Crippen LogP contribution in [0.2, 0.25) is 5.02 Å². The summed E-state index contributed by atoms with van der Waals surface area (Å²) in [5.74, 6) is 1.22. The maximum absolute atomic E-state index is 13.5. The zero-order chi connectivity index (χ0) is 29.0. The fourth-order valence-electron chi connectivity index (χ4n) is 3.86. The van der Waals surface area contributed by atoms with Crippen LogP contribution in [-0.4, -0.2) is 27.4 Å². The summed E-state index contributed by atoms with van der Waals surface area (Å²) in [6.45, 7) is 6.32. The summed E-state index contributed by atoms with van der Waals surface area (Å²) in [5, 5.41) is 16.2. The van der Waals surface area contributed by atoms with Gasteiger partial charge in [-0.15, -0.1) is 0 Å². The van der Waals surface area contributed by atoms with Crippen LogP contribution >= 0.6 is 43.5 Å². The third kappa shape index (κ3) is 6.37. The van der Waals surface area contributed by atoms with Crippen molar-refractivity contribution in [2.24, 2.45) is 5.10 Å². The molecule has 4 rings (SSSR count). The van der Waals surface area contributed by atoms with Gasteiger partial charge in [0.1, 0.15) is 17.5 Å². The van der Waals surface area contributed by atoms with Crippen molar-refractivity contribution in [3.63, 3.8) is 0 Å². The second-order valence-corrected chi connectivity index (χ2v) is 11.0. The highest BCUT2D eigenvalue weighted by Gasteiger charge is 2.19. The molecule has 0 spiro atoms. The highest BCUT2D eigenvalue weighted by Crippen LogP contribution is 2.42. The van der Waals surface area contributed by atoms with Crippen molar-refractivity contribution in [1.29, 1.82) is 0 Å². The van der Waals surface area contributed by atoms with Gasteiger partial charge < -0.3 is 9.47 Å². The Morgan fingerprint density at radius 2 is 1.88 bits per heavy atom. The predicted molar refractivity (Wildman–Crippen MR) is 163 cm³/mol. The summed E-state index contributed by atoms with van der Waals surface area (Å²) in [5.41, 5.74) is 1.60. The zero-order valence-electron chi connectivity index (χ0n) is 21.9. The van der Waals surface area contributed by atoms with Crippen molar-refractivity contribution >= 4 is 66.3 Å². The number of aromatic nitrogens is 2. The monoisotopic (exact) mass is 690 g/mol. The lowest BCUT2D eigenvalue weighted by Gasteiger charge is -2.17. The minimum Gasteiger partial charge on any atom is -0.490 e. The van der Waals surface area contributed by atoms with Gasteiger partial charge in [0.05, 0.1) is 28.6 Å². The average Bonchev–Trinajstić information content (AvgIpc) is 2.94. The largest absolute Gasteiger partial charge is 0.490 e. The van der Waals surface area contributed by atoms with Gasteiger partial charge in [-0.2, -0.15) is 9.78 Å². The molecule has 0 unspecified atom stereocenters. The number of ether oxygens (including phenoxy) is 2. The molecule has 0 aliphatic heterocycles. The highest BCUT2D eigenvalue weighted by molar-refractivity contribution is 9.10. The Kier molecular flexibility index (Phi) is 9.60. The minimum atomic E-state index is -0.459. The summed E-state index contributed by atoms with van der Waals surface area (Å²) >= 11 is 13.6. The van der Waals surface area contributed by atoms with E-state index < -0.39 is 4.92 Å². The molecule has 0 aliphatic carbocycles. The number of fused-ring (bicyclic) bond motifs is 1. The van der Waals surface area contributed by atoms with Crippen molar-refractivity contribution < 1.29 is 14.4 Å². The van der Waals surface area contributed by atoms with E-state index in [2.05, 4.69) is 37.0 Å². The number of halogens is 3. The van der Waals surface area contributed by atoms with Gasteiger partial charge >= 0.3 is 0 Å². The van der Waals surface area contributed by atoms with E-state index in [4.69, 9.17) is 26.1 Å². The van der Waals surface area contributed by atoms with Crippen LogP contribution in [0.25, 0.3) is 10.9 Å². The molecule has 4 aromatic rings. The van der Waals surface area contributed by atoms with Crippen LogP contribution in [0.15, 0.2) is 67.4 Å². The second kappa shape index (κ2) is 12.9. The van der Waals surface area contributed by atoms with Crippen LogP contribution in [0.5, 0.6) is 11.5 Å². The van der Waals surface area contributed by atoms with Gasteiger partial charge in [-0.1, -0.05) is 41.4 Å². The number of nitro benzene ring substituents is 1. The smallest absolute Gasteiger partial charge is 0.282 e. The minimum absolute atomic E-state index is 0.00647. The topological polar surface area (TPSA) is 109 Å². The first-order valence-corrected chi connectivity index (χ1v) is 14.4. The van der Waals surface area contributed by atoms with E-state index in [9.17, 15) is 14.9 Å². The van der Waals surface area contributed by atoms with E-state index in [1.54, 1.807) is 30.3 Å². The molecule has 0 radical (unpaired) electrons. The molecular formula is C28H25Br2ClN4O5. The first-order valence-electron chi connectivity index (χ1n) is 12.4. The van der Waals surface area contributed by atoms with E-state index in [1.807, 2.05) is 26.8 Å². The summed E-state index contributed by atoms with van der Waals surface area (Å²) in [7, 11) is 0. The van der Waals surface area contributed by atoms with Gasteiger partial charge in [-0.25, -0.2) is 4.98 Å². The highest BCUT2D eigenvalue weighted by atomic mass is 79.9. The third-order valence-corrected chi connectivity index (χ3v) is 8.12. The Hall–Kier alpha value is -3.28. The molecule has 9 nitrogen and oxygen atoms in total. The predicted octanol–water partition coefficient (Wildman–Crippen LogP) is 7.86. The van der Waals surface area contributed by atoms with Crippen molar-refractivity contribution in [2.75, 3.05) is 6.61 Å². The molecule has 1 atom stereocenters. The molecule has 1 aromatic heterocycles. The molecule has 0 amide bonds. The number of rotatable bonds is 10. The first kappa shape index (κ1) is 29.7. The Morgan fingerprint density at radius 1 is 1.15 bits per heavy atom. The molecule has 0 N–H and O–H groups in total. The number of non-ortho nitro benzene ring substituents is 1. The Balaban J connectivity index is 1.72. The van der Waals surface area contributed by atoms with Crippen molar-refractivity contribution in [1.82, 2.24) is 9.66 Å². The molecule has 3 aromatic carbocycles. The number of benzene rings is 3. The fourth-order valence-corrected chi connectivity index (χ4v) is 4.88. The molecular weight excluding hydrogens is 668 g/mol. The number of hydrogen-bond donors (Lipinski definition) is 0. The number of nitrogens with zero attached hydrogens (tertiary/aromatic N) is 4. The molecule has 0 fully saturated rings.